The Morgan fingerprint density at radius 1 is 1.38 bits per heavy atom. The molecule has 1 N–H and O–H groups in total. The van der Waals surface area contributed by atoms with E-state index >= 15 is 0 Å². The van der Waals surface area contributed by atoms with Crippen LogP contribution in [0.25, 0.3) is 11.5 Å². The minimum absolute atomic E-state index is 0.0520. The Hall–Kier alpha value is -2.02. The van der Waals surface area contributed by atoms with Crippen molar-refractivity contribution < 1.29 is 13.9 Å². The van der Waals surface area contributed by atoms with E-state index in [1.807, 2.05) is 52.0 Å². The molecule has 1 amide bonds. The fourth-order valence-corrected chi connectivity index (χ4v) is 2.60. The maximum atomic E-state index is 12.3. The number of carbonyl (C=O) groups excluding carboxylic acids is 1. The number of benzene rings is 1. The van der Waals surface area contributed by atoms with E-state index < -0.39 is 0 Å². The molecular weight excluding hydrogens is 326 g/mol. The lowest BCUT2D eigenvalue weighted by Crippen LogP contribution is -2.46. The first-order chi connectivity index (χ1) is 11.4. The first-order valence-electron chi connectivity index (χ1n) is 7.82. The third-order valence-electron chi connectivity index (χ3n) is 3.74. The lowest BCUT2D eigenvalue weighted by molar-refractivity contribution is -0.121. The van der Waals surface area contributed by atoms with Gasteiger partial charge in [0.1, 0.15) is 5.75 Å². The quantitative estimate of drug-likeness (QED) is 0.771. The van der Waals surface area contributed by atoms with Crippen molar-refractivity contribution >= 4 is 17.7 Å². The molecule has 1 unspecified atom stereocenters. The summed E-state index contributed by atoms with van der Waals surface area (Å²) in [6, 6.07) is 7.42. The average Bonchev–Trinajstić information content (AvgIpc) is 3.02. The molecule has 1 atom stereocenters. The summed E-state index contributed by atoms with van der Waals surface area (Å²) in [5.74, 6) is 0.980. The van der Waals surface area contributed by atoms with E-state index in [-0.39, 0.29) is 16.7 Å². The van der Waals surface area contributed by atoms with Crippen LogP contribution in [-0.2, 0) is 4.79 Å². The van der Waals surface area contributed by atoms with Gasteiger partial charge in [-0.25, -0.2) is 0 Å². The van der Waals surface area contributed by atoms with Gasteiger partial charge in [-0.15, -0.1) is 10.2 Å². The molecule has 24 heavy (non-hydrogen) atoms. The summed E-state index contributed by atoms with van der Waals surface area (Å²) in [7, 11) is 1.59. The van der Waals surface area contributed by atoms with Crippen molar-refractivity contribution in [2.45, 2.75) is 50.1 Å². The number of ether oxygens (including phenoxy) is 1. The molecule has 0 radical (unpaired) electrons. The summed E-state index contributed by atoms with van der Waals surface area (Å²) in [6.45, 7) is 7.85. The van der Waals surface area contributed by atoms with Gasteiger partial charge in [-0.2, -0.15) is 0 Å². The van der Waals surface area contributed by atoms with Crippen molar-refractivity contribution in [3.05, 3.63) is 24.3 Å². The lowest BCUT2D eigenvalue weighted by atomic mass is 10.0. The summed E-state index contributed by atoms with van der Waals surface area (Å²) in [4.78, 5) is 12.3. The van der Waals surface area contributed by atoms with Gasteiger partial charge in [-0.3, -0.25) is 4.79 Å². The smallest absolute Gasteiger partial charge is 0.277 e. The number of para-hydroxylation sites is 1. The van der Waals surface area contributed by atoms with Crippen LogP contribution >= 0.6 is 11.8 Å². The second-order valence-corrected chi connectivity index (χ2v) is 7.35. The van der Waals surface area contributed by atoms with Gasteiger partial charge in [0.15, 0.2) is 0 Å². The van der Waals surface area contributed by atoms with E-state index in [0.29, 0.717) is 16.9 Å². The number of nitrogens with one attached hydrogen (secondary N) is 1. The van der Waals surface area contributed by atoms with Crippen molar-refractivity contribution in [3.8, 4) is 17.2 Å². The van der Waals surface area contributed by atoms with E-state index in [1.54, 1.807) is 7.11 Å². The summed E-state index contributed by atoms with van der Waals surface area (Å²) < 4.78 is 11.0. The topological polar surface area (TPSA) is 77.2 Å². The Kier molecular flexibility index (Phi) is 5.88. The number of aromatic nitrogens is 2. The Morgan fingerprint density at radius 2 is 2.08 bits per heavy atom. The maximum absolute atomic E-state index is 12.3. The van der Waals surface area contributed by atoms with Gasteiger partial charge in [0.2, 0.25) is 5.91 Å². The molecule has 7 heteroatoms. The second kappa shape index (κ2) is 7.70. The fourth-order valence-electron chi connectivity index (χ4n) is 1.92. The molecular formula is C17H23N3O3S. The predicted molar refractivity (Wildman–Crippen MR) is 94.1 cm³/mol. The highest BCUT2D eigenvalue weighted by Gasteiger charge is 2.24. The predicted octanol–water partition coefficient (Wildman–Crippen LogP) is 3.53. The Labute approximate surface area is 146 Å². The molecule has 0 aliphatic carbocycles. The average molecular weight is 349 g/mol. The monoisotopic (exact) mass is 349 g/mol. The van der Waals surface area contributed by atoms with Gasteiger partial charge in [0.25, 0.3) is 11.1 Å². The molecule has 2 rings (SSSR count). The third kappa shape index (κ3) is 4.50. The van der Waals surface area contributed by atoms with Crippen LogP contribution in [0.2, 0.25) is 0 Å². The molecule has 1 aromatic heterocycles. The van der Waals surface area contributed by atoms with Crippen molar-refractivity contribution in [1.29, 1.82) is 0 Å². The summed E-state index contributed by atoms with van der Waals surface area (Å²) >= 11 is 1.24. The molecule has 0 aliphatic heterocycles. The van der Waals surface area contributed by atoms with Crippen LogP contribution in [0.4, 0.5) is 0 Å². The zero-order chi connectivity index (χ0) is 17.7. The van der Waals surface area contributed by atoms with Gasteiger partial charge in [0, 0.05) is 5.54 Å². The Morgan fingerprint density at radius 3 is 2.75 bits per heavy atom. The molecule has 130 valence electrons. The number of hydrogen-bond donors (Lipinski definition) is 1. The second-order valence-electron chi connectivity index (χ2n) is 6.06. The highest BCUT2D eigenvalue weighted by Crippen LogP contribution is 2.31. The van der Waals surface area contributed by atoms with Gasteiger partial charge in [-0.1, -0.05) is 30.8 Å². The molecule has 0 saturated carbocycles. The molecule has 1 heterocycles. The molecule has 0 bridgehead atoms. The van der Waals surface area contributed by atoms with Crippen LogP contribution in [0.5, 0.6) is 5.75 Å². The summed E-state index contributed by atoms with van der Waals surface area (Å²) in [5.41, 5.74) is 0.493. The molecule has 6 nitrogen and oxygen atoms in total. The number of thioether (sulfide) groups is 1. The SMILES string of the molecule is CCC(C)(C)NC(=O)C(C)Sc1nnc(-c2ccccc2OC)o1. The highest BCUT2D eigenvalue weighted by molar-refractivity contribution is 8.00. The molecule has 0 saturated heterocycles. The van der Waals surface area contributed by atoms with Crippen molar-refractivity contribution in [2.24, 2.45) is 0 Å². The normalized spacial score (nSPS) is 12.7. The molecule has 1 aromatic carbocycles. The molecule has 2 aromatic rings. The maximum Gasteiger partial charge on any atom is 0.277 e. The minimum Gasteiger partial charge on any atom is -0.496 e. The van der Waals surface area contributed by atoms with Gasteiger partial charge >= 0.3 is 0 Å². The Balaban J connectivity index is 2.07. The Bertz CT molecular complexity index is 700. The number of nitrogens with zero attached hydrogens (tertiary/aromatic N) is 2. The van der Waals surface area contributed by atoms with Crippen molar-refractivity contribution in [2.75, 3.05) is 7.11 Å². The number of amides is 1. The lowest BCUT2D eigenvalue weighted by Gasteiger charge is -2.25. The highest BCUT2D eigenvalue weighted by atomic mass is 32.2. The van der Waals surface area contributed by atoms with Crippen molar-refractivity contribution in [3.63, 3.8) is 0 Å². The van der Waals surface area contributed by atoms with Crippen LogP contribution in [0.1, 0.15) is 34.1 Å². The van der Waals surface area contributed by atoms with E-state index in [4.69, 9.17) is 9.15 Å². The zero-order valence-electron chi connectivity index (χ0n) is 14.6. The number of methoxy groups -OCH3 is 1. The minimum atomic E-state index is -0.332. The fraction of sp³-hybridized carbons (Fsp3) is 0.471. The standard InChI is InChI=1S/C17H23N3O3S/c1-6-17(3,4)18-14(21)11(2)24-16-20-19-15(23-16)12-9-7-8-10-13(12)22-5/h7-11H,6H2,1-5H3,(H,18,21). The largest absolute Gasteiger partial charge is 0.496 e. The number of hydrogen-bond acceptors (Lipinski definition) is 6. The summed E-state index contributed by atoms with van der Waals surface area (Å²) in [5, 5.41) is 11.1. The van der Waals surface area contributed by atoms with Gasteiger partial charge < -0.3 is 14.5 Å². The van der Waals surface area contributed by atoms with Gasteiger partial charge in [-0.05, 0) is 39.3 Å². The first kappa shape index (κ1) is 18.3. The molecule has 0 fully saturated rings. The zero-order valence-corrected chi connectivity index (χ0v) is 15.4. The molecule has 0 spiro atoms. The van der Waals surface area contributed by atoms with E-state index in [9.17, 15) is 4.79 Å². The summed E-state index contributed by atoms with van der Waals surface area (Å²) in [6.07, 6.45) is 0.856. The van der Waals surface area contributed by atoms with E-state index in [2.05, 4.69) is 15.5 Å². The van der Waals surface area contributed by atoms with E-state index in [1.165, 1.54) is 11.8 Å². The third-order valence-corrected chi connectivity index (χ3v) is 4.67. The van der Waals surface area contributed by atoms with Crippen LogP contribution in [-0.4, -0.2) is 34.0 Å². The van der Waals surface area contributed by atoms with Crippen LogP contribution in [0.3, 0.4) is 0 Å². The number of rotatable bonds is 7. The van der Waals surface area contributed by atoms with Gasteiger partial charge in [0.05, 0.1) is 17.9 Å². The van der Waals surface area contributed by atoms with Crippen LogP contribution < -0.4 is 10.1 Å². The first-order valence-corrected chi connectivity index (χ1v) is 8.70. The van der Waals surface area contributed by atoms with Crippen molar-refractivity contribution in [1.82, 2.24) is 15.5 Å². The van der Waals surface area contributed by atoms with Crippen LogP contribution in [0, 0.1) is 0 Å². The van der Waals surface area contributed by atoms with Crippen LogP contribution in [0.15, 0.2) is 33.9 Å². The van der Waals surface area contributed by atoms with E-state index in [0.717, 1.165) is 12.0 Å². The number of carbonyl (C=O) groups is 1. The molecule has 0 aliphatic rings.